The summed E-state index contributed by atoms with van der Waals surface area (Å²) < 4.78 is 31.2. The van der Waals surface area contributed by atoms with Crippen molar-refractivity contribution in [3.8, 4) is 5.75 Å². The van der Waals surface area contributed by atoms with Crippen LogP contribution in [-0.4, -0.2) is 29.8 Å². The van der Waals surface area contributed by atoms with Crippen molar-refractivity contribution in [2.45, 2.75) is 25.7 Å². The van der Waals surface area contributed by atoms with E-state index >= 15 is 0 Å². The normalized spacial score (nSPS) is 9.89. The van der Waals surface area contributed by atoms with Crippen molar-refractivity contribution in [2.24, 2.45) is 11.5 Å². The fraction of sp³-hybridized carbons (Fsp3) is 0.316. The highest BCUT2D eigenvalue weighted by molar-refractivity contribution is 5.92. The molecule has 0 bridgehead atoms. The van der Waals surface area contributed by atoms with Gasteiger partial charge in [0.2, 0.25) is 5.91 Å². The van der Waals surface area contributed by atoms with Crippen LogP contribution in [0.4, 0.5) is 8.78 Å². The van der Waals surface area contributed by atoms with Crippen LogP contribution >= 0.6 is 0 Å². The third-order valence-corrected chi connectivity index (χ3v) is 3.40. The van der Waals surface area contributed by atoms with Gasteiger partial charge in [-0.05, 0) is 43.7 Å². The molecule has 1 heterocycles. The Morgan fingerprint density at radius 3 is 2.26 bits per heavy atom. The summed E-state index contributed by atoms with van der Waals surface area (Å²) in [6, 6.07) is 6.70. The number of Topliss-reactive ketones (excluding diaryl/α,β-unsaturated/α-hetero) is 1. The van der Waals surface area contributed by atoms with E-state index in [-0.39, 0.29) is 12.4 Å². The minimum atomic E-state index is -0.800. The second-order valence-electron chi connectivity index (χ2n) is 5.58. The summed E-state index contributed by atoms with van der Waals surface area (Å²) in [7, 11) is 0. The monoisotopic (exact) mass is 379 g/mol. The number of hydrogen-bond acceptors (Lipinski definition) is 5. The van der Waals surface area contributed by atoms with Crippen LogP contribution in [0.3, 0.4) is 0 Å². The number of nitrogens with two attached hydrogens (primary N) is 2. The fourth-order valence-corrected chi connectivity index (χ4v) is 2.00. The van der Waals surface area contributed by atoms with Gasteiger partial charge in [0, 0.05) is 18.8 Å². The molecule has 0 aliphatic carbocycles. The van der Waals surface area contributed by atoms with E-state index in [0.29, 0.717) is 18.5 Å². The second kappa shape index (κ2) is 12.5. The molecule has 4 N–H and O–H groups in total. The number of unbranched alkanes of at least 4 members (excludes halogenated alkanes) is 2. The number of hydrogen-bond donors (Lipinski definition) is 2. The summed E-state index contributed by atoms with van der Waals surface area (Å²) in [6.45, 7) is 0.297. The maximum Gasteiger partial charge on any atom is 0.250 e. The van der Waals surface area contributed by atoms with Crippen LogP contribution in [0, 0.1) is 11.6 Å². The molecular weight excluding hydrogens is 356 g/mol. The SMILES string of the molecule is NC(=O)c1cccnc1.NCCCCCC(=O)COc1c(F)cccc1F. The lowest BCUT2D eigenvalue weighted by molar-refractivity contribution is -0.121. The molecule has 0 saturated heterocycles. The Morgan fingerprint density at radius 1 is 1.04 bits per heavy atom. The molecule has 1 aromatic heterocycles. The average Bonchev–Trinajstić information content (AvgIpc) is 2.66. The summed E-state index contributed by atoms with van der Waals surface area (Å²) >= 11 is 0. The van der Waals surface area contributed by atoms with E-state index < -0.39 is 23.3 Å². The number of primary amides is 1. The molecule has 0 aliphatic rings. The maximum atomic E-state index is 13.2. The third-order valence-electron chi connectivity index (χ3n) is 3.40. The number of para-hydroxylation sites is 1. The van der Waals surface area contributed by atoms with Crippen LogP contribution in [0.25, 0.3) is 0 Å². The van der Waals surface area contributed by atoms with Crippen molar-refractivity contribution in [1.82, 2.24) is 4.98 Å². The number of carbonyl (C=O) groups excluding carboxylic acids is 2. The van der Waals surface area contributed by atoms with Crippen molar-refractivity contribution in [1.29, 1.82) is 0 Å². The minimum Gasteiger partial charge on any atom is -0.480 e. The topological polar surface area (TPSA) is 108 Å². The number of carbonyl (C=O) groups is 2. The largest absolute Gasteiger partial charge is 0.480 e. The van der Waals surface area contributed by atoms with Gasteiger partial charge < -0.3 is 16.2 Å². The van der Waals surface area contributed by atoms with E-state index in [1.807, 2.05) is 0 Å². The first-order valence-electron chi connectivity index (χ1n) is 8.44. The second-order valence-corrected chi connectivity index (χ2v) is 5.58. The number of rotatable bonds is 9. The van der Waals surface area contributed by atoms with Gasteiger partial charge in [-0.3, -0.25) is 14.6 Å². The van der Waals surface area contributed by atoms with Gasteiger partial charge in [0.1, 0.15) is 6.61 Å². The molecule has 1 aromatic carbocycles. The Hall–Kier alpha value is -2.87. The third kappa shape index (κ3) is 8.87. The molecule has 0 aliphatic heterocycles. The van der Waals surface area contributed by atoms with Gasteiger partial charge in [-0.2, -0.15) is 0 Å². The zero-order chi connectivity index (χ0) is 20.1. The zero-order valence-corrected chi connectivity index (χ0v) is 14.9. The molecule has 8 heteroatoms. The first-order chi connectivity index (χ1) is 13.0. The highest BCUT2D eigenvalue weighted by atomic mass is 19.1. The maximum absolute atomic E-state index is 13.2. The van der Waals surface area contributed by atoms with Gasteiger partial charge >= 0.3 is 0 Å². The predicted octanol–water partition coefficient (Wildman–Crippen LogP) is 2.61. The number of benzene rings is 1. The molecule has 0 unspecified atom stereocenters. The Labute approximate surface area is 156 Å². The number of halogens is 2. The van der Waals surface area contributed by atoms with Crippen LogP contribution in [0.5, 0.6) is 5.75 Å². The molecule has 0 fully saturated rings. The Bertz CT molecular complexity index is 707. The van der Waals surface area contributed by atoms with Crippen molar-refractivity contribution < 1.29 is 23.1 Å². The highest BCUT2D eigenvalue weighted by Crippen LogP contribution is 2.20. The number of aromatic nitrogens is 1. The smallest absolute Gasteiger partial charge is 0.250 e. The van der Waals surface area contributed by atoms with Crippen LogP contribution < -0.4 is 16.2 Å². The fourth-order valence-electron chi connectivity index (χ4n) is 2.00. The van der Waals surface area contributed by atoms with Gasteiger partial charge in [0.25, 0.3) is 0 Å². The Kier molecular flexibility index (Phi) is 10.2. The van der Waals surface area contributed by atoms with Crippen LogP contribution in [-0.2, 0) is 4.79 Å². The standard InChI is InChI=1S/C13H17F2NO2.C6H6N2O/c14-11-6-4-7-12(15)13(11)18-9-10(17)5-2-1-3-8-16;7-6(9)5-2-1-3-8-4-5/h4,6-7H,1-3,5,8-9,16H2;1-4H,(H2,7,9). The van der Waals surface area contributed by atoms with E-state index in [2.05, 4.69) is 4.98 Å². The van der Waals surface area contributed by atoms with Crippen molar-refractivity contribution in [3.05, 3.63) is 59.9 Å². The predicted molar refractivity (Wildman–Crippen MR) is 97.1 cm³/mol. The molecule has 0 saturated carbocycles. The first-order valence-corrected chi connectivity index (χ1v) is 8.44. The van der Waals surface area contributed by atoms with Gasteiger partial charge in [-0.1, -0.05) is 12.5 Å². The van der Waals surface area contributed by atoms with Crippen LogP contribution in [0.2, 0.25) is 0 Å². The number of ether oxygens (including phenoxy) is 1. The van der Waals surface area contributed by atoms with Gasteiger partial charge in [0.05, 0.1) is 5.56 Å². The van der Waals surface area contributed by atoms with Gasteiger partial charge in [-0.25, -0.2) is 8.78 Å². The Balaban J connectivity index is 0.000000337. The summed E-state index contributed by atoms with van der Waals surface area (Å²) in [5.74, 6) is -2.71. The molecule has 2 rings (SSSR count). The summed E-state index contributed by atoms with van der Waals surface area (Å²) in [6.07, 6.45) is 5.83. The molecule has 2 aromatic rings. The van der Waals surface area contributed by atoms with Crippen molar-refractivity contribution in [3.63, 3.8) is 0 Å². The lowest BCUT2D eigenvalue weighted by Crippen LogP contribution is -2.12. The molecule has 0 spiro atoms. The molecule has 0 atom stereocenters. The number of ketones is 1. The highest BCUT2D eigenvalue weighted by Gasteiger charge is 2.11. The van der Waals surface area contributed by atoms with E-state index in [9.17, 15) is 18.4 Å². The lowest BCUT2D eigenvalue weighted by Gasteiger charge is -2.07. The molecular formula is C19H23F2N3O3. The summed E-state index contributed by atoms with van der Waals surface area (Å²) in [5.41, 5.74) is 10.7. The van der Waals surface area contributed by atoms with E-state index in [4.69, 9.17) is 16.2 Å². The first kappa shape index (κ1) is 22.2. The average molecular weight is 379 g/mol. The number of amides is 1. The molecule has 1 amide bonds. The van der Waals surface area contributed by atoms with Crippen LogP contribution in [0.1, 0.15) is 36.0 Å². The van der Waals surface area contributed by atoms with Gasteiger partial charge in [-0.15, -0.1) is 0 Å². The summed E-state index contributed by atoms with van der Waals surface area (Å²) in [4.78, 5) is 25.5. The molecule has 0 radical (unpaired) electrons. The number of nitrogens with zero attached hydrogens (tertiary/aromatic N) is 1. The lowest BCUT2D eigenvalue weighted by atomic mass is 10.1. The molecule has 146 valence electrons. The van der Waals surface area contributed by atoms with Crippen molar-refractivity contribution >= 4 is 11.7 Å². The molecule has 27 heavy (non-hydrogen) atoms. The molecule has 6 nitrogen and oxygen atoms in total. The Morgan fingerprint density at radius 2 is 1.74 bits per heavy atom. The minimum absolute atomic E-state index is 0.172. The number of pyridine rings is 1. The zero-order valence-electron chi connectivity index (χ0n) is 14.9. The van der Waals surface area contributed by atoms with Gasteiger partial charge in [0.15, 0.2) is 23.2 Å². The summed E-state index contributed by atoms with van der Waals surface area (Å²) in [5, 5.41) is 0. The van der Waals surface area contributed by atoms with E-state index in [0.717, 1.165) is 31.4 Å². The van der Waals surface area contributed by atoms with E-state index in [1.165, 1.54) is 12.3 Å². The van der Waals surface area contributed by atoms with E-state index in [1.54, 1.807) is 18.3 Å². The quantitative estimate of drug-likeness (QED) is 0.651. The van der Waals surface area contributed by atoms with Crippen molar-refractivity contribution in [2.75, 3.05) is 13.2 Å². The van der Waals surface area contributed by atoms with Crippen LogP contribution in [0.15, 0.2) is 42.7 Å².